The van der Waals surface area contributed by atoms with Gasteiger partial charge in [-0.3, -0.25) is 4.79 Å². The van der Waals surface area contributed by atoms with Crippen molar-refractivity contribution in [1.29, 1.82) is 5.26 Å². The van der Waals surface area contributed by atoms with Crippen LogP contribution in [-0.4, -0.2) is 32.0 Å². The molecule has 0 fully saturated rings. The summed E-state index contributed by atoms with van der Waals surface area (Å²) in [6.07, 6.45) is 0.459. The number of nitriles is 1. The van der Waals surface area contributed by atoms with E-state index in [1.54, 1.807) is 6.92 Å². The maximum absolute atomic E-state index is 12.2. The third kappa shape index (κ3) is 5.06. The molecular weight excluding hydrogens is 388 g/mol. The standard InChI is InChI=1S/C21H24N4O3S/c1-6-25(11-7-10-22)16-8-9-17(13(2)12-16)23-24-20-18(21(27)28-5)14(3)19(29-20)15(4)26/h8-9,12H,6-7,11H2,1-5H3. The maximum Gasteiger partial charge on any atom is 0.341 e. The minimum atomic E-state index is -0.539. The summed E-state index contributed by atoms with van der Waals surface area (Å²) in [5.41, 5.74) is 3.43. The van der Waals surface area contributed by atoms with Crippen molar-refractivity contribution < 1.29 is 14.3 Å². The molecule has 0 aliphatic carbocycles. The van der Waals surface area contributed by atoms with Crippen LogP contribution in [-0.2, 0) is 4.74 Å². The summed E-state index contributed by atoms with van der Waals surface area (Å²) >= 11 is 1.13. The second kappa shape index (κ2) is 9.94. The molecule has 0 saturated carbocycles. The molecule has 152 valence electrons. The molecule has 0 aliphatic heterocycles. The summed E-state index contributed by atoms with van der Waals surface area (Å²) in [4.78, 5) is 26.6. The lowest BCUT2D eigenvalue weighted by Crippen LogP contribution is -2.23. The Balaban J connectivity index is 2.37. The fourth-order valence-corrected chi connectivity index (χ4v) is 3.96. The van der Waals surface area contributed by atoms with Crippen molar-refractivity contribution in [2.24, 2.45) is 10.2 Å². The molecule has 7 nitrogen and oxygen atoms in total. The zero-order valence-electron chi connectivity index (χ0n) is 17.3. The molecule has 0 radical (unpaired) electrons. The zero-order chi connectivity index (χ0) is 21.6. The Hall–Kier alpha value is -3.05. The van der Waals surface area contributed by atoms with Crippen LogP contribution in [0.5, 0.6) is 0 Å². The Morgan fingerprint density at radius 3 is 2.55 bits per heavy atom. The minimum Gasteiger partial charge on any atom is -0.465 e. The number of carbonyl (C=O) groups excluding carboxylic acids is 2. The number of anilines is 1. The molecule has 0 N–H and O–H groups in total. The van der Waals surface area contributed by atoms with E-state index < -0.39 is 5.97 Å². The van der Waals surface area contributed by atoms with Crippen molar-refractivity contribution in [3.05, 3.63) is 39.8 Å². The van der Waals surface area contributed by atoms with Crippen LogP contribution in [0.25, 0.3) is 0 Å². The van der Waals surface area contributed by atoms with Crippen molar-refractivity contribution in [3.8, 4) is 6.07 Å². The molecule has 0 saturated heterocycles. The van der Waals surface area contributed by atoms with Gasteiger partial charge in [-0.15, -0.1) is 21.6 Å². The average molecular weight is 413 g/mol. The fourth-order valence-electron chi connectivity index (χ4n) is 2.95. The van der Waals surface area contributed by atoms with Crippen LogP contribution < -0.4 is 4.90 Å². The van der Waals surface area contributed by atoms with Gasteiger partial charge < -0.3 is 9.64 Å². The highest BCUT2D eigenvalue weighted by atomic mass is 32.1. The van der Waals surface area contributed by atoms with Gasteiger partial charge in [-0.25, -0.2) is 4.79 Å². The third-order valence-electron chi connectivity index (χ3n) is 4.51. The van der Waals surface area contributed by atoms with Crippen LogP contribution in [0.1, 0.15) is 51.4 Å². The third-order valence-corrected chi connectivity index (χ3v) is 5.78. The second-order valence-electron chi connectivity index (χ2n) is 6.44. The van der Waals surface area contributed by atoms with Crippen LogP contribution in [0.15, 0.2) is 28.4 Å². The molecule has 0 spiro atoms. The van der Waals surface area contributed by atoms with Crippen molar-refractivity contribution >= 4 is 39.5 Å². The Morgan fingerprint density at radius 2 is 2.00 bits per heavy atom. The summed E-state index contributed by atoms with van der Waals surface area (Å²) in [5.74, 6) is -0.667. The first-order chi connectivity index (χ1) is 13.8. The van der Waals surface area contributed by atoms with Gasteiger partial charge in [0.15, 0.2) is 10.8 Å². The number of thiophene rings is 1. The van der Waals surface area contributed by atoms with Gasteiger partial charge in [-0.1, -0.05) is 0 Å². The molecule has 1 aromatic carbocycles. The molecule has 2 aromatic rings. The van der Waals surface area contributed by atoms with Crippen molar-refractivity contribution in [2.75, 3.05) is 25.1 Å². The van der Waals surface area contributed by atoms with Crippen molar-refractivity contribution in [3.63, 3.8) is 0 Å². The number of aryl methyl sites for hydroxylation is 1. The van der Waals surface area contributed by atoms with Crippen LogP contribution in [0.4, 0.5) is 16.4 Å². The number of azo groups is 1. The van der Waals surface area contributed by atoms with Crippen LogP contribution in [0, 0.1) is 25.2 Å². The summed E-state index contributed by atoms with van der Waals surface area (Å²) in [5, 5.41) is 17.7. The topological polar surface area (TPSA) is 95.1 Å². The lowest BCUT2D eigenvalue weighted by atomic mass is 10.1. The molecule has 1 aromatic heterocycles. The average Bonchev–Trinajstić information content (AvgIpc) is 3.03. The predicted octanol–water partition coefficient (Wildman–Crippen LogP) is 5.51. The number of esters is 1. The number of hydrogen-bond acceptors (Lipinski definition) is 8. The van der Waals surface area contributed by atoms with E-state index in [-0.39, 0.29) is 11.3 Å². The van der Waals surface area contributed by atoms with Gasteiger partial charge >= 0.3 is 5.97 Å². The first-order valence-electron chi connectivity index (χ1n) is 9.20. The van der Waals surface area contributed by atoms with E-state index in [0.717, 1.165) is 29.1 Å². The Labute approximate surface area is 174 Å². The van der Waals surface area contributed by atoms with Crippen molar-refractivity contribution in [1.82, 2.24) is 0 Å². The smallest absolute Gasteiger partial charge is 0.341 e. The molecule has 0 amide bonds. The molecule has 1 heterocycles. The summed E-state index contributed by atoms with van der Waals surface area (Å²) in [6.45, 7) is 8.59. The van der Waals surface area contributed by atoms with Gasteiger partial charge in [-0.2, -0.15) is 5.26 Å². The van der Waals surface area contributed by atoms with E-state index in [1.807, 2.05) is 32.0 Å². The number of Topliss-reactive ketones (excluding diaryl/α,β-unsaturated/α-hetero) is 1. The number of rotatable bonds is 8. The van der Waals surface area contributed by atoms with E-state index in [0.29, 0.717) is 34.1 Å². The highest BCUT2D eigenvalue weighted by Gasteiger charge is 2.23. The van der Waals surface area contributed by atoms with Gasteiger partial charge in [0.1, 0.15) is 5.56 Å². The van der Waals surface area contributed by atoms with E-state index in [2.05, 4.69) is 21.2 Å². The highest BCUT2D eigenvalue weighted by Crippen LogP contribution is 2.37. The van der Waals surface area contributed by atoms with E-state index >= 15 is 0 Å². The first-order valence-corrected chi connectivity index (χ1v) is 10.0. The summed E-state index contributed by atoms with van der Waals surface area (Å²) in [7, 11) is 1.29. The summed E-state index contributed by atoms with van der Waals surface area (Å²) < 4.78 is 4.84. The molecule has 2 rings (SSSR count). The van der Waals surface area contributed by atoms with Gasteiger partial charge in [0, 0.05) is 18.8 Å². The Bertz CT molecular complexity index is 989. The largest absolute Gasteiger partial charge is 0.465 e. The van der Waals surface area contributed by atoms with E-state index in [4.69, 9.17) is 10.00 Å². The lowest BCUT2D eigenvalue weighted by molar-refractivity contribution is 0.0601. The van der Waals surface area contributed by atoms with Crippen LogP contribution in [0.2, 0.25) is 0 Å². The number of nitrogens with zero attached hydrogens (tertiary/aromatic N) is 4. The molecule has 0 aliphatic rings. The number of ether oxygens (including phenoxy) is 1. The predicted molar refractivity (Wildman–Crippen MR) is 114 cm³/mol. The number of ketones is 1. The normalized spacial score (nSPS) is 10.8. The molecule has 8 heteroatoms. The monoisotopic (exact) mass is 412 g/mol. The highest BCUT2D eigenvalue weighted by molar-refractivity contribution is 7.18. The Morgan fingerprint density at radius 1 is 1.28 bits per heavy atom. The van der Waals surface area contributed by atoms with Gasteiger partial charge in [-0.05, 0) is 57.0 Å². The number of carbonyl (C=O) groups is 2. The summed E-state index contributed by atoms with van der Waals surface area (Å²) in [6, 6.07) is 7.95. The maximum atomic E-state index is 12.2. The quantitative estimate of drug-likeness (QED) is 0.324. The first kappa shape index (κ1) is 22.2. The lowest BCUT2D eigenvalue weighted by Gasteiger charge is -2.22. The number of hydrogen-bond donors (Lipinski definition) is 0. The number of methoxy groups -OCH3 is 1. The molecule has 0 atom stereocenters. The molecular formula is C21H24N4O3S. The molecule has 0 unspecified atom stereocenters. The van der Waals surface area contributed by atoms with Gasteiger partial charge in [0.2, 0.25) is 0 Å². The SMILES string of the molecule is CCN(CCC#N)c1ccc(N=Nc2sc(C(C)=O)c(C)c2C(=O)OC)c(C)c1. The number of benzene rings is 1. The van der Waals surface area contributed by atoms with E-state index in [1.165, 1.54) is 14.0 Å². The van der Waals surface area contributed by atoms with E-state index in [9.17, 15) is 9.59 Å². The fraction of sp³-hybridized carbons (Fsp3) is 0.381. The molecule has 29 heavy (non-hydrogen) atoms. The minimum absolute atomic E-state index is 0.128. The van der Waals surface area contributed by atoms with Crippen molar-refractivity contribution in [2.45, 2.75) is 34.1 Å². The van der Waals surface area contributed by atoms with Crippen LogP contribution >= 0.6 is 11.3 Å². The Kier molecular flexibility index (Phi) is 7.62. The van der Waals surface area contributed by atoms with Gasteiger partial charge in [0.25, 0.3) is 0 Å². The molecule has 0 bridgehead atoms. The zero-order valence-corrected chi connectivity index (χ0v) is 18.1. The van der Waals surface area contributed by atoms with Crippen LogP contribution in [0.3, 0.4) is 0 Å². The second-order valence-corrected chi connectivity index (χ2v) is 7.44. The van der Waals surface area contributed by atoms with Gasteiger partial charge in [0.05, 0.1) is 30.2 Å².